The number of carbonyl (C=O) groups excluding carboxylic acids is 1. The molecular formula is C29H34N4O3. The molecule has 7 nitrogen and oxygen atoms in total. The summed E-state index contributed by atoms with van der Waals surface area (Å²) >= 11 is 0. The molecular weight excluding hydrogens is 452 g/mol. The van der Waals surface area contributed by atoms with Gasteiger partial charge in [-0.15, -0.1) is 0 Å². The Balaban J connectivity index is 1.34. The van der Waals surface area contributed by atoms with Crippen molar-refractivity contribution in [3.8, 4) is 11.5 Å². The van der Waals surface area contributed by atoms with Crippen LogP contribution in [-0.4, -0.2) is 62.2 Å². The number of nitrogens with one attached hydrogen (secondary N) is 1. The average molecular weight is 487 g/mol. The maximum atomic E-state index is 12.7. The van der Waals surface area contributed by atoms with E-state index in [-0.39, 0.29) is 5.91 Å². The molecule has 0 radical (unpaired) electrons. The van der Waals surface area contributed by atoms with Crippen molar-refractivity contribution < 1.29 is 14.3 Å². The van der Waals surface area contributed by atoms with Gasteiger partial charge < -0.3 is 19.7 Å². The first-order valence-corrected chi connectivity index (χ1v) is 12.4. The molecule has 4 rings (SSSR count). The van der Waals surface area contributed by atoms with Gasteiger partial charge in [-0.05, 0) is 66.9 Å². The van der Waals surface area contributed by atoms with Crippen LogP contribution < -0.4 is 19.7 Å². The number of anilines is 2. The zero-order valence-electron chi connectivity index (χ0n) is 21.0. The van der Waals surface area contributed by atoms with E-state index in [0.717, 1.165) is 56.1 Å². The van der Waals surface area contributed by atoms with E-state index in [0.29, 0.717) is 18.1 Å². The number of aromatic nitrogens is 1. The van der Waals surface area contributed by atoms with Crippen LogP contribution in [0.3, 0.4) is 0 Å². The Bertz CT molecular complexity index is 1160. The highest BCUT2D eigenvalue weighted by molar-refractivity contribution is 6.03. The van der Waals surface area contributed by atoms with Crippen molar-refractivity contribution in [2.75, 3.05) is 56.7 Å². The van der Waals surface area contributed by atoms with E-state index in [1.807, 2.05) is 55.7 Å². The summed E-state index contributed by atoms with van der Waals surface area (Å²) in [5.74, 6) is 1.16. The summed E-state index contributed by atoms with van der Waals surface area (Å²) in [4.78, 5) is 21.7. The molecule has 0 atom stereocenters. The molecule has 0 unspecified atom stereocenters. The molecule has 36 heavy (non-hydrogen) atoms. The molecule has 1 aromatic heterocycles. The zero-order valence-corrected chi connectivity index (χ0v) is 21.0. The molecule has 2 aromatic carbocycles. The van der Waals surface area contributed by atoms with Gasteiger partial charge in [0.1, 0.15) is 0 Å². The highest BCUT2D eigenvalue weighted by Gasteiger charge is 2.19. The van der Waals surface area contributed by atoms with Crippen molar-refractivity contribution in [3.05, 3.63) is 84.2 Å². The van der Waals surface area contributed by atoms with Crippen molar-refractivity contribution in [1.82, 2.24) is 9.88 Å². The SMILES string of the molecule is CCOc1cc(C=CC(=O)Nc2ccccc2N2CCN(CCc3ccncc3)CC2)ccc1OC. The summed E-state index contributed by atoms with van der Waals surface area (Å²) in [5, 5.41) is 3.06. The van der Waals surface area contributed by atoms with Gasteiger partial charge in [0.2, 0.25) is 5.91 Å². The minimum atomic E-state index is -0.174. The third-order valence-electron chi connectivity index (χ3n) is 6.26. The molecule has 7 heteroatoms. The fraction of sp³-hybridized carbons (Fsp3) is 0.310. The molecule has 0 aliphatic carbocycles. The molecule has 1 N–H and O–H groups in total. The van der Waals surface area contributed by atoms with Gasteiger partial charge in [0.05, 0.1) is 25.1 Å². The molecule has 2 heterocycles. The van der Waals surface area contributed by atoms with Crippen LogP contribution in [0.15, 0.2) is 73.1 Å². The Hall–Kier alpha value is -3.84. The summed E-state index contributed by atoms with van der Waals surface area (Å²) in [5.41, 5.74) is 4.06. The zero-order chi connectivity index (χ0) is 25.2. The third kappa shape index (κ3) is 6.86. The standard InChI is InChI=1S/C29H34N4O3/c1-3-36-28-22-24(8-10-27(28)35-2)9-11-29(34)31-25-6-4-5-7-26(25)33-20-18-32(19-21-33)17-14-23-12-15-30-16-13-23/h4-13,15-16,22H,3,14,17-21H2,1-2H3,(H,31,34). The van der Waals surface area contributed by atoms with Crippen molar-refractivity contribution in [2.45, 2.75) is 13.3 Å². The second-order valence-corrected chi connectivity index (χ2v) is 8.62. The van der Waals surface area contributed by atoms with Gasteiger partial charge in [-0.3, -0.25) is 14.7 Å². The number of benzene rings is 2. The lowest BCUT2D eigenvalue weighted by atomic mass is 10.1. The summed E-state index contributed by atoms with van der Waals surface area (Å²) in [6, 6.07) is 17.8. The molecule has 0 spiro atoms. The number of para-hydroxylation sites is 2. The van der Waals surface area contributed by atoms with Crippen LogP contribution in [-0.2, 0) is 11.2 Å². The summed E-state index contributed by atoms with van der Waals surface area (Å²) in [7, 11) is 1.61. The Morgan fingerprint density at radius 1 is 1.03 bits per heavy atom. The quantitative estimate of drug-likeness (QED) is 0.426. The van der Waals surface area contributed by atoms with Crippen LogP contribution in [0.4, 0.5) is 11.4 Å². The lowest BCUT2D eigenvalue weighted by molar-refractivity contribution is -0.111. The maximum absolute atomic E-state index is 12.7. The fourth-order valence-electron chi connectivity index (χ4n) is 4.32. The number of amides is 1. The minimum absolute atomic E-state index is 0.174. The predicted octanol–water partition coefficient (Wildman–Crippen LogP) is 4.51. The number of hydrogen-bond donors (Lipinski definition) is 1. The normalized spacial score (nSPS) is 14.1. The van der Waals surface area contributed by atoms with Crippen molar-refractivity contribution in [2.24, 2.45) is 0 Å². The van der Waals surface area contributed by atoms with Gasteiger partial charge in [0.15, 0.2) is 11.5 Å². The van der Waals surface area contributed by atoms with Gasteiger partial charge in [0, 0.05) is 51.2 Å². The average Bonchev–Trinajstić information content (AvgIpc) is 2.92. The lowest BCUT2D eigenvalue weighted by Gasteiger charge is -2.37. The van der Waals surface area contributed by atoms with Gasteiger partial charge in [0.25, 0.3) is 0 Å². The van der Waals surface area contributed by atoms with Crippen LogP contribution >= 0.6 is 0 Å². The van der Waals surface area contributed by atoms with Crippen molar-refractivity contribution in [1.29, 1.82) is 0 Å². The molecule has 1 aliphatic heterocycles. The topological polar surface area (TPSA) is 66.9 Å². The smallest absolute Gasteiger partial charge is 0.248 e. The molecule has 0 saturated carbocycles. The van der Waals surface area contributed by atoms with E-state index in [1.54, 1.807) is 19.3 Å². The molecule has 1 aliphatic rings. The molecule has 1 fully saturated rings. The van der Waals surface area contributed by atoms with E-state index >= 15 is 0 Å². The van der Waals surface area contributed by atoms with E-state index < -0.39 is 0 Å². The number of rotatable bonds is 10. The number of carbonyl (C=O) groups is 1. The van der Waals surface area contributed by atoms with Crippen LogP contribution in [0.25, 0.3) is 6.08 Å². The van der Waals surface area contributed by atoms with Crippen LogP contribution in [0.5, 0.6) is 11.5 Å². The molecule has 1 saturated heterocycles. The molecule has 3 aromatic rings. The largest absolute Gasteiger partial charge is 0.493 e. The number of methoxy groups -OCH3 is 1. The van der Waals surface area contributed by atoms with Crippen molar-refractivity contribution >= 4 is 23.4 Å². The van der Waals surface area contributed by atoms with Gasteiger partial charge in [-0.2, -0.15) is 0 Å². The van der Waals surface area contributed by atoms with E-state index in [2.05, 4.69) is 38.3 Å². The van der Waals surface area contributed by atoms with Crippen LogP contribution in [0, 0.1) is 0 Å². The highest BCUT2D eigenvalue weighted by Crippen LogP contribution is 2.29. The number of pyridine rings is 1. The highest BCUT2D eigenvalue weighted by atomic mass is 16.5. The van der Waals surface area contributed by atoms with E-state index in [1.165, 1.54) is 5.56 Å². The van der Waals surface area contributed by atoms with Gasteiger partial charge in [-0.1, -0.05) is 18.2 Å². The van der Waals surface area contributed by atoms with Crippen LogP contribution in [0.1, 0.15) is 18.1 Å². The molecule has 188 valence electrons. The van der Waals surface area contributed by atoms with Gasteiger partial charge in [-0.25, -0.2) is 0 Å². The number of ether oxygens (including phenoxy) is 2. The predicted molar refractivity (Wildman–Crippen MR) is 145 cm³/mol. The lowest BCUT2D eigenvalue weighted by Crippen LogP contribution is -2.47. The Labute approximate surface area is 213 Å². The minimum Gasteiger partial charge on any atom is -0.493 e. The first-order valence-electron chi connectivity index (χ1n) is 12.4. The monoisotopic (exact) mass is 486 g/mol. The second-order valence-electron chi connectivity index (χ2n) is 8.62. The van der Waals surface area contributed by atoms with E-state index in [9.17, 15) is 4.79 Å². The second kappa shape index (κ2) is 12.7. The molecule has 1 amide bonds. The fourth-order valence-corrected chi connectivity index (χ4v) is 4.32. The summed E-state index contributed by atoms with van der Waals surface area (Å²) in [6.07, 6.45) is 8.06. The Kier molecular flexibility index (Phi) is 8.94. The Morgan fingerprint density at radius 2 is 1.81 bits per heavy atom. The number of piperazine rings is 1. The van der Waals surface area contributed by atoms with Gasteiger partial charge >= 0.3 is 0 Å². The third-order valence-corrected chi connectivity index (χ3v) is 6.26. The van der Waals surface area contributed by atoms with E-state index in [4.69, 9.17) is 9.47 Å². The Morgan fingerprint density at radius 3 is 2.56 bits per heavy atom. The maximum Gasteiger partial charge on any atom is 0.248 e. The van der Waals surface area contributed by atoms with Crippen LogP contribution in [0.2, 0.25) is 0 Å². The molecule has 0 bridgehead atoms. The summed E-state index contributed by atoms with van der Waals surface area (Å²) in [6.45, 7) is 7.34. The first kappa shape index (κ1) is 25.3. The number of nitrogens with zero attached hydrogens (tertiary/aromatic N) is 3. The number of hydrogen-bond acceptors (Lipinski definition) is 6. The summed E-state index contributed by atoms with van der Waals surface area (Å²) < 4.78 is 11.0. The first-order chi connectivity index (χ1) is 17.7. The van der Waals surface area contributed by atoms with Crippen molar-refractivity contribution in [3.63, 3.8) is 0 Å².